The lowest BCUT2D eigenvalue weighted by Crippen LogP contribution is -2.42. The van der Waals surface area contributed by atoms with Crippen LogP contribution in [-0.4, -0.2) is 22.9 Å². The standard InChI is InChI=1S/C17H16N4O2/c18-8-11-14(13-4-3-7-23-13)12(9-19)16(22)21-10-17(20-15(11)21)5-1-2-6-17/h3-4,7,12,14,20H,1-2,5-6,10H2. The van der Waals surface area contributed by atoms with Gasteiger partial charge in [-0.2, -0.15) is 10.5 Å². The number of fused-ring (bicyclic) bond motifs is 1. The second-order valence-corrected chi connectivity index (χ2v) is 6.51. The molecule has 2 unspecified atom stereocenters. The first-order valence-corrected chi connectivity index (χ1v) is 7.86. The van der Waals surface area contributed by atoms with Crippen molar-refractivity contribution in [1.82, 2.24) is 10.2 Å². The topological polar surface area (TPSA) is 93.1 Å². The number of nitriles is 2. The quantitative estimate of drug-likeness (QED) is 0.856. The van der Waals surface area contributed by atoms with Gasteiger partial charge in [-0.15, -0.1) is 0 Å². The average Bonchev–Trinajstić information content (AvgIpc) is 3.29. The van der Waals surface area contributed by atoms with E-state index in [1.807, 2.05) is 0 Å². The molecule has 2 fully saturated rings. The minimum absolute atomic E-state index is 0.134. The van der Waals surface area contributed by atoms with Gasteiger partial charge in [0.2, 0.25) is 5.91 Å². The number of carbonyl (C=O) groups excluding carboxylic acids is 1. The Kier molecular flexibility index (Phi) is 2.96. The van der Waals surface area contributed by atoms with Crippen LogP contribution in [0.2, 0.25) is 0 Å². The molecule has 23 heavy (non-hydrogen) atoms. The molecule has 3 heterocycles. The molecule has 1 N–H and O–H groups in total. The van der Waals surface area contributed by atoms with Gasteiger partial charge in [-0.1, -0.05) is 12.8 Å². The number of carbonyl (C=O) groups is 1. The van der Waals surface area contributed by atoms with Crippen molar-refractivity contribution in [2.45, 2.75) is 37.1 Å². The number of furan rings is 1. The third kappa shape index (κ3) is 1.88. The SMILES string of the molecule is N#CC1=C2NC3(CCCC3)CN2C(=O)C(C#N)C1c1ccco1. The lowest BCUT2D eigenvalue weighted by atomic mass is 9.81. The average molecular weight is 308 g/mol. The zero-order chi connectivity index (χ0) is 16.0. The molecule has 0 radical (unpaired) electrons. The van der Waals surface area contributed by atoms with Crippen molar-refractivity contribution >= 4 is 5.91 Å². The molecule has 116 valence electrons. The van der Waals surface area contributed by atoms with Crippen LogP contribution in [0, 0.1) is 28.6 Å². The van der Waals surface area contributed by atoms with Crippen molar-refractivity contribution in [3.05, 3.63) is 35.6 Å². The minimum atomic E-state index is -0.919. The van der Waals surface area contributed by atoms with E-state index in [4.69, 9.17) is 4.42 Å². The van der Waals surface area contributed by atoms with E-state index < -0.39 is 11.8 Å². The van der Waals surface area contributed by atoms with E-state index >= 15 is 0 Å². The Morgan fingerprint density at radius 1 is 1.35 bits per heavy atom. The summed E-state index contributed by atoms with van der Waals surface area (Å²) in [6, 6.07) is 7.73. The highest BCUT2D eigenvalue weighted by atomic mass is 16.3. The van der Waals surface area contributed by atoms with Gasteiger partial charge >= 0.3 is 0 Å². The summed E-state index contributed by atoms with van der Waals surface area (Å²) in [5, 5.41) is 22.7. The summed E-state index contributed by atoms with van der Waals surface area (Å²) >= 11 is 0. The zero-order valence-corrected chi connectivity index (χ0v) is 12.6. The smallest absolute Gasteiger partial charge is 0.246 e. The molecule has 6 nitrogen and oxygen atoms in total. The largest absolute Gasteiger partial charge is 0.469 e. The molecule has 2 aliphatic heterocycles. The van der Waals surface area contributed by atoms with Gasteiger partial charge in [0.25, 0.3) is 0 Å². The minimum Gasteiger partial charge on any atom is -0.469 e. The van der Waals surface area contributed by atoms with Crippen LogP contribution in [-0.2, 0) is 4.79 Å². The van der Waals surface area contributed by atoms with Crippen molar-refractivity contribution in [2.75, 3.05) is 6.54 Å². The molecule has 1 aliphatic carbocycles. The Balaban J connectivity index is 1.85. The Bertz CT molecular complexity index is 760. The third-order valence-electron chi connectivity index (χ3n) is 5.22. The van der Waals surface area contributed by atoms with E-state index in [1.165, 1.54) is 6.26 Å². The number of amides is 1. The van der Waals surface area contributed by atoms with Gasteiger partial charge in [0.1, 0.15) is 17.5 Å². The second-order valence-electron chi connectivity index (χ2n) is 6.51. The number of allylic oxidation sites excluding steroid dienone is 1. The van der Waals surface area contributed by atoms with Crippen LogP contribution in [0.15, 0.2) is 34.2 Å². The Hall–Kier alpha value is -2.73. The van der Waals surface area contributed by atoms with E-state index in [9.17, 15) is 15.3 Å². The summed E-state index contributed by atoms with van der Waals surface area (Å²) in [6.07, 6.45) is 5.71. The van der Waals surface area contributed by atoms with E-state index in [2.05, 4.69) is 17.5 Å². The monoisotopic (exact) mass is 308 g/mol. The molecule has 4 rings (SSSR count). The van der Waals surface area contributed by atoms with Gasteiger partial charge in [0.05, 0.1) is 42.0 Å². The molecule has 1 aromatic rings. The lowest BCUT2D eigenvalue weighted by Gasteiger charge is -2.31. The first-order valence-electron chi connectivity index (χ1n) is 7.86. The molecule has 1 saturated heterocycles. The molecule has 0 bridgehead atoms. The molecule has 1 saturated carbocycles. The summed E-state index contributed by atoms with van der Waals surface area (Å²) in [4.78, 5) is 14.4. The fraction of sp³-hybridized carbons (Fsp3) is 0.471. The molecular formula is C17H16N4O2. The summed E-state index contributed by atoms with van der Waals surface area (Å²) in [7, 11) is 0. The van der Waals surface area contributed by atoms with E-state index in [1.54, 1.807) is 17.0 Å². The van der Waals surface area contributed by atoms with Crippen LogP contribution in [0.4, 0.5) is 0 Å². The fourth-order valence-electron chi connectivity index (χ4n) is 4.13. The van der Waals surface area contributed by atoms with Crippen molar-refractivity contribution in [2.24, 2.45) is 5.92 Å². The predicted octanol–water partition coefficient (Wildman–Crippen LogP) is 2.00. The highest BCUT2D eigenvalue weighted by Crippen LogP contribution is 2.45. The second kappa shape index (κ2) is 4.89. The summed E-state index contributed by atoms with van der Waals surface area (Å²) in [6.45, 7) is 0.551. The van der Waals surface area contributed by atoms with Crippen molar-refractivity contribution < 1.29 is 9.21 Å². The molecule has 3 aliphatic rings. The van der Waals surface area contributed by atoms with E-state index in [0.717, 1.165) is 25.7 Å². The van der Waals surface area contributed by atoms with Crippen LogP contribution in [0.1, 0.15) is 37.4 Å². The van der Waals surface area contributed by atoms with Crippen LogP contribution < -0.4 is 5.32 Å². The number of rotatable bonds is 1. The van der Waals surface area contributed by atoms with Crippen LogP contribution >= 0.6 is 0 Å². The fourth-order valence-corrected chi connectivity index (χ4v) is 4.13. The van der Waals surface area contributed by atoms with Gasteiger partial charge in [0, 0.05) is 0 Å². The molecule has 2 atom stereocenters. The Morgan fingerprint density at radius 2 is 2.13 bits per heavy atom. The Morgan fingerprint density at radius 3 is 2.74 bits per heavy atom. The summed E-state index contributed by atoms with van der Waals surface area (Å²) < 4.78 is 5.42. The number of nitrogens with one attached hydrogen (secondary N) is 1. The van der Waals surface area contributed by atoms with Crippen LogP contribution in [0.25, 0.3) is 0 Å². The summed E-state index contributed by atoms with van der Waals surface area (Å²) in [5.41, 5.74) is 0.292. The van der Waals surface area contributed by atoms with E-state index in [-0.39, 0.29) is 11.4 Å². The van der Waals surface area contributed by atoms with E-state index in [0.29, 0.717) is 23.7 Å². The highest BCUT2D eigenvalue weighted by Gasteiger charge is 2.52. The maximum atomic E-state index is 12.8. The zero-order valence-electron chi connectivity index (χ0n) is 12.6. The van der Waals surface area contributed by atoms with Crippen molar-refractivity contribution in [1.29, 1.82) is 10.5 Å². The number of hydrogen-bond donors (Lipinski definition) is 1. The molecule has 0 aromatic carbocycles. The third-order valence-corrected chi connectivity index (χ3v) is 5.22. The molecular weight excluding hydrogens is 292 g/mol. The molecule has 1 spiro atoms. The van der Waals surface area contributed by atoms with Crippen molar-refractivity contribution in [3.63, 3.8) is 0 Å². The Labute approximate surface area is 134 Å². The number of hydrogen-bond acceptors (Lipinski definition) is 5. The molecule has 1 aromatic heterocycles. The number of nitrogens with zero attached hydrogens (tertiary/aromatic N) is 3. The van der Waals surface area contributed by atoms with Crippen LogP contribution in [0.3, 0.4) is 0 Å². The highest BCUT2D eigenvalue weighted by molar-refractivity contribution is 5.87. The van der Waals surface area contributed by atoms with Gasteiger partial charge in [-0.3, -0.25) is 9.69 Å². The predicted molar refractivity (Wildman–Crippen MR) is 79.2 cm³/mol. The maximum Gasteiger partial charge on any atom is 0.246 e. The van der Waals surface area contributed by atoms with Crippen LogP contribution in [0.5, 0.6) is 0 Å². The lowest BCUT2D eigenvalue weighted by molar-refractivity contribution is -0.132. The van der Waals surface area contributed by atoms with Crippen molar-refractivity contribution in [3.8, 4) is 12.1 Å². The van der Waals surface area contributed by atoms with Gasteiger partial charge in [0.15, 0.2) is 0 Å². The maximum absolute atomic E-state index is 12.8. The van der Waals surface area contributed by atoms with Gasteiger partial charge in [-0.25, -0.2) is 0 Å². The molecule has 6 heteroatoms. The normalized spacial score (nSPS) is 28.4. The first kappa shape index (κ1) is 13.9. The van der Waals surface area contributed by atoms with Gasteiger partial charge in [-0.05, 0) is 25.0 Å². The summed E-state index contributed by atoms with van der Waals surface area (Å²) in [5.74, 6) is -0.727. The van der Waals surface area contributed by atoms with Gasteiger partial charge < -0.3 is 9.73 Å². The molecule has 1 amide bonds. The first-order chi connectivity index (χ1) is 11.2.